The van der Waals surface area contributed by atoms with Crippen LogP contribution < -0.4 is 4.74 Å². The molecule has 0 aliphatic rings. The van der Waals surface area contributed by atoms with Gasteiger partial charge in [-0.25, -0.2) is 0 Å². The Morgan fingerprint density at radius 2 is 2.00 bits per heavy atom. The van der Waals surface area contributed by atoms with Crippen LogP contribution in [0.2, 0.25) is 5.02 Å². The fourth-order valence-corrected chi connectivity index (χ4v) is 2.18. The maximum atomic E-state index is 8.84. The van der Waals surface area contributed by atoms with Crippen LogP contribution in [0.3, 0.4) is 0 Å². The Hall–Kier alpha value is -1.50. The fourth-order valence-electron chi connectivity index (χ4n) is 1.50. The molecule has 0 spiro atoms. The van der Waals surface area contributed by atoms with Crippen LogP contribution in [0.4, 0.5) is 0 Å². The Labute approximate surface area is 119 Å². The average Bonchev–Trinajstić information content (AvgIpc) is 2.33. The first-order chi connectivity index (χ1) is 8.60. The number of ether oxygens (including phenoxy) is 1. The first-order valence-electron chi connectivity index (χ1n) is 5.24. The third kappa shape index (κ3) is 2.84. The molecule has 2 rings (SSSR count). The molecule has 2 aromatic carbocycles. The van der Waals surface area contributed by atoms with E-state index in [2.05, 4.69) is 22.0 Å². The largest absolute Gasteiger partial charge is 0.457 e. The van der Waals surface area contributed by atoms with Gasteiger partial charge in [0.15, 0.2) is 0 Å². The molecule has 0 amide bonds. The monoisotopic (exact) mass is 321 g/mol. The summed E-state index contributed by atoms with van der Waals surface area (Å²) in [6.07, 6.45) is 0. The van der Waals surface area contributed by atoms with Crippen molar-refractivity contribution in [2.24, 2.45) is 0 Å². The normalized spacial score (nSPS) is 9.89. The van der Waals surface area contributed by atoms with Crippen LogP contribution in [0.1, 0.15) is 11.1 Å². The van der Waals surface area contributed by atoms with Crippen LogP contribution in [0.25, 0.3) is 0 Å². The van der Waals surface area contributed by atoms with E-state index < -0.39 is 0 Å². The highest BCUT2D eigenvalue weighted by Gasteiger charge is 2.05. The highest BCUT2D eigenvalue weighted by Crippen LogP contribution is 2.29. The van der Waals surface area contributed by atoms with Crippen molar-refractivity contribution in [3.8, 4) is 17.6 Å². The Balaban J connectivity index is 2.29. The van der Waals surface area contributed by atoms with Gasteiger partial charge >= 0.3 is 0 Å². The lowest BCUT2D eigenvalue weighted by Gasteiger charge is -2.09. The summed E-state index contributed by atoms with van der Waals surface area (Å²) in [4.78, 5) is 0. The molecule has 2 nitrogen and oxygen atoms in total. The second-order valence-electron chi connectivity index (χ2n) is 3.77. The van der Waals surface area contributed by atoms with Crippen molar-refractivity contribution in [1.29, 1.82) is 5.26 Å². The number of halogens is 2. The van der Waals surface area contributed by atoms with Gasteiger partial charge in [-0.3, -0.25) is 0 Å². The maximum Gasteiger partial charge on any atom is 0.130 e. The minimum Gasteiger partial charge on any atom is -0.457 e. The second kappa shape index (κ2) is 5.43. The Bertz CT molecular complexity index is 634. The van der Waals surface area contributed by atoms with Crippen LogP contribution >= 0.6 is 27.5 Å². The first-order valence-corrected chi connectivity index (χ1v) is 6.41. The molecule has 90 valence electrons. The van der Waals surface area contributed by atoms with Crippen LogP contribution in [0.15, 0.2) is 40.9 Å². The molecule has 4 heteroatoms. The fraction of sp³-hybridized carbons (Fsp3) is 0.0714. The zero-order valence-electron chi connectivity index (χ0n) is 9.58. The Morgan fingerprint density at radius 1 is 1.22 bits per heavy atom. The molecule has 2 aromatic rings. The van der Waals surface area contributed by atoms with Gasteiger partial charge in [-0.15, -0.1) is 0 Å². The van der Waals surface area contributed by atoms with Gasteiger partial charge < -0.3 is 4.74 Å². The van der Waals surface area contributed by atoms with Crippen LogP contribution in [-0.4, -0.2) is 0 Å². The zero-order chi connectivity index (χ0) is 13.1. The zero-order valence-corrected chi connectivity index (χ0v) is 11.9. The summed E-state index contributed by atoms with van der Waals surface area (Å²) in [6, 6.07) is 12.8. The van der Waals surface area contributed by atoms with Gasteiger partial charge in [-0.2, -0.15) is 5.26 Å². The van der Waals surface area contributed by atoms with E-state index in [0.717, 1.165) is 11.3 Å². The van der Waals surface area contributed by atoms with Crippen LogP contribution in [-0.2, 0) is 0 Å². The maximum absolute atomic E-state index is 8.84. The highest BCUT2D eigenvalue weighted by molar-refractivity contribution is 9.10. The van der Waals surface area contributed by atoms with Gasteiger partial charge in [0, 0.05) is 9.50 Å². The van der Waals surface area contributed by atoms with E-state index in [1.54, 1.807) is 24.3 Å². The van der Waals surface area contributed by atoms with Gasteiger partial charge in [0.1, 0.15) is 17.6 Å². The van der Waals surface area contributed by atoms with E-state index in [0.29, 0.717) is 20.8 Å². The lowest BCUT2D eigenvalue weighted by Crippen LogP contribution is -1.88. The molecule has 0 radical (unpaired) electrons. The molecule has 0 saturated heterocycles. The summed E-state index contributed by atoms with van der Waals surface area (Å²) in [6.45, 7) is 1.93. The van der Waals surface area contributed by atoms with E-state index in [-0.39, 0.29) is 0 Å². The molecule has 0 unspecified atom stereocenters. The molecule has 0 fully saturated rings. The molecule has 0 atom stereocenters. The summed E-state index contributed by atoms with van der Waals surface area (Å²) in [7, 11) is 0. The standard InChI is InChI=1S/C14H9BrClNO/c1-9-6-11(16)3-5-14(9)18-12-4-2-10(8-17)13(15)7-12/h2-7H,1H3. The summed E-state index contributed by atoms with van der Waals surface area (Å²) >= 11 is 9.21. The van der Waals surface area contributed by atoms with E-state index in [9.17, 15) is 0 Å². The van der Waals surface area contributed by atoms with Crippen molar-refractivity contribution in [2.75, 3.05) is 0 Å². The van der Waals surface area contributed by atoms with Gasteiger partial charge in [0.2, 0.25) is 0 Å². The topological polar surface area (TPSA) is 33.0 Å². The number of nitrogens with zero attached hydrogens (tertiary/aromatic N) is 1. The first kappa shape index (κ1) is 12.9. The molecular formula is C14H9BrClNO. The van der Waals surface area contributed by atoms with Crippen molar-refractivity contribution in [3.05, 3.63) is 57.0 Å². The van der Waals surface area contributed by atoms with Crippen molar-refractivity contribution in [3.63, 3.8) is 0 Å². The van der Waals surface area contributed by atoms with Crippen LogP contribution in [0, 0.1) is 18.3 Å². The third-order valence-corrected chi connectivity index (χ3v) is 3.32. The SMILES string of the molecule is Cc1cc(Cl)ccc1Oc1ccc(C#N)c(Br)c1. The molecule has 0 N–H and O–H groups in total. The predicted octanol–water partition coefficient (Wildman–Crippen LogP) is 5.07. The number of benzene rings is 2. The molecule has 0 aliphatic heterocycles. The summed E-state index contributed by atoms with van der Waals surface area (Å²) in [5.74, 6) is 1.42. The Morgan fingerprint density at radius 3 is 2.61 bits per heavy atom. The van der Waals surface area contributed by atoms with E-state index >= 15 is 0 Å². The average molecular weight is 323 g/mol. The molecule has 18 heavy (non-hydrogen) atoms. The molecule has 0 bridgehead atoms. The van der Waals surface area contributed by atoms with E-state index in [1.807, 2.05) is 19.1 Å². The van der Waals surface area contributed by atoms with Crippen molar-refractivity contribution in [1.82, 2.24) is 0 Å². The predicted molar refractivity (Wildman–Crippen MR) is 75.1 cm³/mol. The van der Waals surface area contributed by atoms with Crippen molar-refractivity contribution >= 4 is 27.5 Å². The number of aryl methyl sites for hydroxylation is 1. The minimum atomic E-state index is 0.579. The lowest BCUT2D eigenvalue weighted by molar-refractivity contribution is 0.478. The van der Waals surface area contributed by atoms with Crippen molar-refractivity contribution in [2.45, 2.75) is 6.92 Å². The number of hydrogen-bond acceptors (Lipinski definition) is 2. The summed E-state index contributed by atoms with van der Waals surface area (Å²) in [5.41, 5.74) is 1.54. The van der Waals surface area contributed by atoms with E-state index in [4.69, 9.17) is 21.6 Å². The van der Waals surface area contributed by atoms with Crippen molar-refractivity contribution < 1.29 is 4.74 Å². The third-order valence-electron chi connectivity index (χ3n) is 2.43. The highest BCUT2D eigenvalue weighted by atomic mass is 79.9. The second-order valence-corrected chi connectivity index (χ2v) is 5.06. The van der Waals surface area contributed by atoms with Crippen LogP contribution in [0.5, 0.6) is 11.5 Å². The summed E-state index contributed by atoms with van der Waals surface area (Å²) < 4.78 is 6.46. The number of nitriles is 1. The molecule has 0 aliphatic carbocycles. The molecular weight excluding hydrogens is 314 g/mol. The number of hydrogen-bond donors (Lipinski definition) is 0. The van der Waals surface area contributed by atoms with Gasteiger partial charge in [-0.05, 0) is 64.8 Å². The quantitative estimate of drug-likeness (QED) is 0.773. The molecule has 0 aromatic heterocycles. The minimum absolute atomic E-state index is 0.579. The smallest absolute Gasteiger partial charge is 0.130 e. The van der Waals surface area contributed by atoms with Gasteiger partial charge in [0.05, 0.1) is 5.56 Å². The number of rotatable bonds is 2. The molecule has 0 saturated carbocycles. The van der Waals surface area contributed by atoms with Gasteiger partial charge in [0.25, 0.3) is 0 Å². The lowest BCUT2D eigenvalue weighted by atomic mass is 10.2. The Kier molecular flexibility index (Phi) is 3.90. The van der Waals surface area contributed by atoms with Gasteiger partial charge in [-0.1, -0.05) is 11.6 Å². The van der Waals surface area contributed by atoms with E-state index in [1.165, 1.54) is 0 Å². The summed E-state index contributed by atoms with van der Waals surface area (Å²) in [5, 5.41) is 9.52. The molecule has 0 heterocycles.